The molecule has 3 aromatic rings. The van der Waals surface area contributed by atoms with Crippen LogP contribution in [0.1, 0.15) is 29.2 Å². The second-order valence-electron chi connectivity index (χ2n) is 8.29. The van der Waals surface area contributed by atoms with Crippen LogP contribution in [-0.2, 0) is 17.8 Å². The third-order valence-corrected chi connectivity index (χ3v) is 6.01. The Balaban J connectivity index is 1.50. The molecule has 3 N–H and O–H groups in total. The molecule has 1 aliphatic rings. The fourth-order valence-corrected chi connectivity index (χ4v) is 4.24. The molecular formula is C27H29N3O5. The highest BCUT2D eigenvalue weighted by Gasteiger charge is 2.26. The molecule has 1 aliphatic heterocycles. The zero-order valence-corrected chi connectivity index (χ0v) is 19.8. The molecule has 1 heterocycles. The fraction of sp³-hybridized carbons (Fsp3) is 0.259. The van der Waals surface area contributed by atoms with Crippen LogP contribution >= 0.6 is 0 Å². The lowest BCUT2D eigenvalue weighted by Crippen LogP contribution is -2.40. The summed E-state index contributed by atoms with van der Waals surface area (Å²) in [6, 6.07) is 19.3. The van der Waals surface area contributed by atoms with Gasteiger partial charge in [-0.2, -0.15) is 0 Å². The first kappa shape index (κ1) is 23.9. The molecule has 0 saturated carbocycles. The number of carbonyl (C=O) groups excluding carboxylic acids is 2. The van der Waals surface area contributed by atoms with Crippen LogP contribution in [0.3, 0.4) is 0 Å². The smallest absolute Gasteiger partial charge is 0.312 e. The lowest BCUT2D eigenvalue weighted by molar-refractivity contribution is -0.132. The van der Waals surface area contributed by atoms with Gasteiger partial charge in [-0.3, -0.25) is 4.79 Å². The van der Waals surface area contributed by atoms with Crippen molar-refractivity contribution in [3.05, 3.63) is 83.4 Å². The molecule has 35 heavy (non-hydrogen) atoms. The zero-order valence-electron chi connectivity index (χ0n) is 19.8. The van der Waals surface area contributed by atoms with E-state index in [1.165, 1.54) is 0 Å². The number of ether oxygens (including phenoxy) is 3. The zero-order chi connectivity index (χ0) is 24.8. The summed E-state index contributed by atoms with van der Waals surface area (Å²) in [5.41, 5.74) is 8.31. The van der Waals surface area contributed by atoms with Crippen molar-refractivity contribution >= 4 is 11.9 Å². The maximum atomic E-state index is 13.3. The van der Waals surface area contributed by atoms with Gasteiger partial charge in [0.1, 0.15) is 11.5 Å². The number of primary amides is 1. The molecule has 3 aromatic carbocycles. The Bertz CT molecular complexity index is 1200. The number of nitrogens with zero attached hydrogens (tertiary/aromatic N) is 1. The van der Waals surface area contributed by atoms with E-state index in [-0.39, 0.29) is 12.3 Å². The molecule has 0 aromatic heterocycles. The van der Waals surface area contributed by atoms with E-state index in [2.05, 4.69) is 5.32 Å². The fourth-order valence-electron chi connectivity index (χ4n) is 4.24. The Labute approximate surface area is 204 Å². The van der Waals surface area contributed by atoms with E-state index in [1.54, 1.807) is 19.1 Å². The SMILES string of the molecule is COc1cc2c(cc1OC)CN(C(=O)CC(NC(N)=O)c1cccc(Oc3ccccc3)c1)CC2. The second kappa shape index (κ2) is 10.8. The predicted octanol–water partition coefficient (Wildman–Crippen LogP) is 4.18. The second-order valence-corrected chi connectivity index (χ2v) is 8.29. The number of benzene rings is 3. The Morgan fingerprint density at radius 1 is 0.943 bits per heavy atom. The van der Waals surface area contributed by atoms with Crippen LogP contribution in [0.15, 0.2) is 66.7 Å². The largest absolute Gasteiger partial charge is 0.493 e. The molecule has 0 saturated heterocycles. The summed E-state index contributed by atoms with van der Waals surface area (Å²) in [5.74, 6) is 2.52. The lowest BCUT2D eigenvalue weighted by atomic mass is 9.97. The minimum Gasteiger partial charge on any atom is -0.493 e. The number of amides is 3. The molecule has 0 bridgehead atoms. The third-order valence-electron chi connectivity index (χ3n) is 6.01. The molecule has 0 aliphatic carbocycles. The normalized spacial score (nSPS) is 13.4. The molecule has 1 atom stereocenters. The van der Waals surface area contributed by atoms with E-state index in [9.17, 15) is 9.59 Å². The average Bonchev–Trinajstić information content (AvgIpc) is 2.87. The number of rotatable bonds is 8. The van der Waals surface area contributed by atoms with Crippen LogP contribution in [0.4, 0.5) is 4.79 Å². The summed E-state index contributed by atoms with van der Waals surface area (Å²) in [5, 5.41) is 2.71. The van der Waals surface area contributed by atoms with Crippen molar-refractivity contribution in [3.63, 3.8) is 0 Å². The third kappa shape index (κ3) is 5.84. The van der Waals surface area contributed by atoms with Crippen molar-refractivity contribution in [3.8, 4) is 23.0 Å². The molecular weight excluding hydrogens is 446 g/mol. The molecule has 182 valence electrons. The first-order chi connectivity index (χ1) is 17.0. The molecule has 0 radical (unpaired) electrons. The van der Waals surface area contributed by atoms with Gasteiger partial charge >= 0.3 is 6.03 Å². The molecule has 0 spiro atoms. The first-order valence-electron chi connectivity index (χ1n) is 11.4. The highest BCUT2D eigenvalue weighted by Crippen LogP contribution is 2.34. The molecule has 4 rings (SSSR count). The minimum absolute atomic E-state index is 0.0698. The van der Waals surface area contributed by atoms with Gasteiger partial charge in [-0.1, -0.05) is 30.3 Å². The van der Waals surface area contributed by atoms with Crippen molar-refractivity contribution in [1.29, 1.82) is 0 Å². The average molecular weight is 476 g/mol. The summed E-state index contributed by atoms with van der Waals surface area (Å²) in [7, 11) is 3.19. The maximum absolute atomic E-state index is 13.3. The number of carbonyl (C=O) groups is 2. The van der Waals surface area contributed by atoms with Crippen LogP contribution in [0.25, 0.3) is 0 Å². The molecule has 8 heteroatoms. The number of nitrogens with two attached hydrogens (primary N) is 1. The van der Waals surface area contributed by atoms with Gasteiger partial charge in [0.2, 0.25) is 5.91 Å². The van der Waals surface area contributed by atoms with Gasteiger partial charge in [0.05, 0.1) is 26.7 Å². The number of methoxy groups -OCH3 is 2. The summed E-state index contributed by atoms with van der Waals surface area (Å²) >= 11 is 0. The van der Waals surface area contributed by atoms with Gasteiger partial charge in [-0.25, -0.2) is 4.79 Å². The van der Waals surface area contributed by atoms with Crippen molar-refractivity contribution in [1.82, 2.24) is 10.2 Å². The number of hydrogen-bond donors (Lipinski definition) is 2. The molecule has 1 unspecified atom stereocenters. The van der Waals surface area contributed by atoms with Gasteiger partial charge < -0.3 is 30.2 Å². The van der Waals surface area contributed by atoms with E-state index < -0.39 is 12.1 Å². The van der Waals surface area contributed by atoms with Crippen molar-refractivity contribution < 1.29 is 23.8 Å². The van der Waals surface area contributed by atoms with Crippen LogP contribution < -0.4 is 25.3 Å². The summed E-state index contributed by atoms with van der Waals surface area (Å²) in [6.07, 6.45) is 0.774. The van der Waals surface area contributed by atoms with Gasteiger partial charge in [0.25, 0.3) is 0 Å². The standard InChI is InChI=1S/C27H29N3O5/c1-33-24-14-18-11-12-30(17-20(18)15-25(24)34-2)26(31)16-23(29-27(28)32)19-7-6-10-22(13-19)35-21-8-4-3-5-9-21/h3-10,13-15,23H,11-12,16-17H2,1-2H3,(H3,28,29,32). The summed E-state index contributed by atoms with van der Waals surface area (Å²) in [4.78, 5) is 26.8. The highest BCUT2D eigenvalue weighted by atomic mass is 16.5. The van der Waals surface area contributed by atoms with E-state index >= 15 is 0 Å². The molecule has 8 nitrogen and oxygen atoms in total. The number of para-hydroxylation sites is 1. The first-order valence-corrected chi connectivity index (χ1v) is 11.4. The Morgan fingerprint density at radius 2 is 1.63 bits per heavy atom. The maximum Gasteiger partial charge on any atom is 0.312 e. The monoisotopic (exact) mass is 475 g/mol. The van der Waals surface area contributed by atoms with E-state index in [0.29, 0.717) is 42.5 Å². The van der Waals surface area contributed by atoms with Crippen LogP contribution in [0, 0.1) is 0 Å². The minimum atomic E-state index is -0.696. The van der Waals surface area contributed by atoms with E-state index in [1.807, 2.05) is 66.7 Å². The van der Waals surface area contributed by atoms with Crippen molar-refractivity contribution in [2.45, 2.75) is 25.4 Å². The highest BCUT2D eigenvalue weighted by molar-refractivity contribution is 5.79. The Hall–Kier alpha value is -4.20. The quantitative estimate of drug-likeness (QED) is 0.509. The van der Waals surface area contributed by atoms with Gasteiger partial charge in [0.15, 0.2) is 11.5 Å². The molecule has 0 fully saturated rings. The van der Waals surface area contributed by atoms with Crippen molar-refractivity contribution in [2.24, 2.45) is 5.73 Å². The van der Waals surface area contributed by atoms with E-state index in [0.717, 1.165) is 16.7 Å². The van der Waals surface area contributed by atoms with Gasteiger partial charge in [-0.05, 0) is 59.5 Å². The van der Waals surface area contributed by atoms with Gasteiger partial charge in [0, 0.05) is 13.1 Å². The van der Waals surface area contributed by atoms with Crippen molar-refractivity contribution in [2.75, 3.05) is 20.8 Å². The number of urea groups is 1. The topological polar surface area (TPSA) is 103 Å². The number of nitrogens with one attached hydrogen (secondary N) is 1. The number of fused-ring (bicyclic) bond motifs is 1. The number of hydrogen-bond acceptors (Lipinski definition) is 5. The van der Waals surface area contributed by atoms with Crippen LogP contribution in [-0.4, -0.2) is 37.6 Å². The van der Waals surface area contributed by atoms with Crippen LogP contribution in [0.5, 0.6) is 23.0 Å². The molecule has 3 amide bonds. The lowest BCUT2D eigenvalue weighted by Gasteiger charge is -2.31. The van der Waals surface area contributed by atoms with Gasteiger partial charge in [-0.15, -0.1) is 0 Å². The summed E-state index contributed by atoms with van der Waals surface area (Å²) in [6.45, 7) is 1.02. The summed E-state index contributed by atoms with van der Waals surface area (Å²) < 4.78 is 16.7. The Kier molecular flexibility index (Phi) is 7.40. The van der Waals surface area contributed by atoms with Crippen LogP contribution in [0.2, 0.25) is 0 Å². The Morgan fingerprint density at radius 3 is 2.31 bits per heavy atom. The predicted molar refractivity (Wildman–Crippen MR) is 132 cm³/mol. The van der Waals surface area contributed by atoms with E-state index in [4.69, 9.17) is 19.9 Å².